The van der Waals surface area contributed by atoms with E-state index in [2.05, 4.69) is 37.0 Å². The van der Waals surface area contributed by atoms with Gasteiger partial charge < -0.3 is 39.9 Å². The van der Waals surface area contributed by atoms with E-state index >= 15 is 0 Å². The van der Waals surface area contributed by atoms with Crippen molar-refractivity contribution in [3.8, 4) is 0 Å². The first-order valence-corrected chi connectivity index (χ1v) is 29.8. The van der Waals surface area contributed by atoms with Crippen molar-refractivity contribution in [3.05, 3.63) is 22.7 Å². The summed E-state index contributed by atoms with van der Waals surface area (Å²) in [5.41, 5.74) is 4.59. The number of nitrogen functional groups attached to an aromatic ring is 1. The molecular formula is C50H93N3O15P2. The van der Waals surface area contributed by atoms with Crippen molar-refractivity contribution in [1.82, 2.24) is 9.55 Å². The van der Waals surface area contributed by atoms with Crippen LogP contribution in [0.5, 0.6) is 0 Å². The Hall–Kier alpha value is -2.24. The fourth-order valence-corrected chi connectivity index (χ4v) is 10.4. The Labute approximate surface area is 419 Å². The zero-order chi connectivity index (χ0) is 51.6. The van der Waals surface area contributed by atoms with Crippen LogP contribution in [0.25, 0.3) is 0 Å². The lowest BCUT2D eigenvalue weighted by molar-refractivity contribution is -0.161. The first-order valence-electron chi connectivity index (χ1n) is 26.8. The van der Waals surface area contributed by atoms with E-state index in [0.29, 0.717) is 12.8 Å². The van der Waals surface area contributed by atoms with Crippen LogP contribution in [0.4, 0.5) is 5.82 Å². The number of carbonyl (C=O) groups is 2. The van der Waals surface area contributed by atoms with E-state index in [1.165, 1.54) is 128 Å². The molecule has 2 heterocycles. The van der Waals surface area contributed by atoms with Crippen molar-refractivity contribution in [2.45, 2.75) is 251 Å². The summed E-state index contributed by atoms with van der Waals surface area (Å²) in [4.78, 5) is 61.9. The van der Waals surface area contributed by atoms with Crippen molar-refractivity contribution < 1.29 is 66.3 Å². The number of phosphoric acid groups is 2. The van der Waals surface area contributed by atoms with Gasteiger partial charge in [0.05, 0.1) is 13.2 Å². The van der Waals surface area contributed by atoms with E-state index in [9.17, 15) is 43.5 Å². The van der Waals surface area contributed by atoms with Gasteiger partial charge in [0.1, 0.15) is 30.7 Å². The second-order valence-electron chi connectivity index (χ2n) is 19.6. The van der Waals surface area contributed by atoms with Gasteiger partial charge in [-0.1, -0.05) is 195 Å². The van der Waals surface area contributed by atoms with Gasteiger partial charge in [-0.3, -0.25) is 23.2 Å². The van der Waals surface area contributed by atoms with E-state index in [1.807, 2.05) is 0 Å². The third-order valence-corrected chi connectivity index (χ3v) is 15.9. The fourth-order valence-electron chi connectivity index (χ4n) is 8.33. The maximum atomic E-state index is 12.9. The van der Waals surface area contributed by atoms with Crippen LogP contribution in [0, 0.1) is 11.8 Å². The lowest BCUT2D eigenvalue weighted by atomic mass is 9.99. The number of nitrogens with two attached hydrogens (primary N) is 1. The highest BCUT2D eigenvalue weighted by Gasteiger charge is 2.46. The number of ether oxygens (including phenoxy) is 3. The Morgan fingerprint density at radius 1 is 0.671 bits per heavy atom. The summed E-state index contributed by atoms with van der Waals surface area (Å²) in [6, 6.07) is 1.25. The minimum atomic E-state index is -5.42. The summed E-state index contributed by atoms with van der Waals surface area (Å²) >= 11 is 0. The number of hydrogen-bond acceptors (Lipinski definition) is 15. The van der Waals surface area contributed by atoms with Gasteiger partial charge in [-0.05, 0) is 30.7 Å². The van der Waals surface area contributed by atoms with E-state index in [-0.39, 0.29) is 18.7 Å². The number of aromatic nitrogens is 2. The largest absolute Gasteiger partial charge is 0.481 e. The van der Waals surface area contributed by atoms with Crippen LogP contribution in [0.15, 0.2) is 17.1 Å². The first kappa shape index (κ1) is 63.9. The molecule has 2 rings (SSSR count). The molecule has 0 aliphatic carbocycles. The number of hydrogen-bond donors (Lipinski definition) is 5. The summed E-state index contributed by atoms with van der Waals surface area (Å²) in [5.74, 6) is 0.315. The Morgan fingerprint density at radius 3 is 1.56 bits per heavy atom. The predicted octanol–water partition coefficient (Wildman–Crippen LogP) is 11.2. The van der Waals surface area contributed by atoms with Gasteiger partial charge in [0.25, 0.3) is 0 Å². The molecule has 1 aromatic heterocycles. The Kier molecular flexibility index (Phi) is 34.2. The van der Waals surface area contributed by atoms with Crippen LogP contribution in [0.1, 0.15) is 227 Å². The number of aliphatic hydroxyl groups is 2. The van der Waals surface area contributed by atoms with Crippen LogP contribution < -0.4 is 11.4 Å². The molecule has 1 saturated heterocycles. The molecule has 5 unspecified atom stereocenters. The highest BCUT2D eigenvalue weighted by Crippen LogP contribution is 2.60. The molecule has 6 N–H and O–H groups in total. The smallest absolute Gasteiger partial charge is 0.462 e. The molecule has 9 atom stereocenters. The van der Waals surface area contributed by atoms with Crippen molar-refractivity contribution >= 4 is 33.4 Å². The molecule has 18 nitrogen and oxygen atoms in total. The molecule has 0 amide bonds. The summed E-state index contributed by atoms with van der Waals surface area (Å²) in [6.45, 7) is 6.80. The van der Waals surface area contributed by atoms with Gasteiger partial charge in [0.15, 0.2) is 12.3 Å². The molecule has 0 radical (unpaired) electrons. The standard InChI is InChI=1S/C50H93N3O15P2/c1-5-40(3)31-27-23-19-17-15-13-11-9-7-8-10-12-14-16-18-20-26-30-34-46(55)66-42(37-63-45(54)33-29-25-22-21-24-28-32-41(4)6-2)38-64-69(59,60)68-70(61,62)65-39-43-47(56)48(57)49(67-43)53-36-35-44(51)52-50(53)58/h35-36,40-43,47-49,56-57H,5-34,37-39H2,1-4H3,(H,59,60)(H,61,62)(H2,51,52,58)/t40?,41?,42-,43-,47+,48?,49-/m1/s1. The summed E-state index contributed by atoms with van der Waals surface area (Å²) in [7, 11) is -10.8. The van der Waals surface area contributed by atoms with E-state index < -0.39 is 83.7 Å². The molecule has 1 aliphatic heterocycles. The molecule has 1 aliphatic rings. The van der Waals surface area contributed by atoms with Crippen molar-refractivity contribution in [1.29, 1.82) is 0 Å². The van der Waals surface area contributed by atoms with Gasteiger partial charge in [-0.25, -0.2) is 13.9 Å². The Morgan fingerprint density at radius 2 is 1.10 bits per heavy atom. The maximum Gasteiger partial charge on any atom is 0.481 e. The monoisotopic (exact) mass is 1040 g/mol. The van der Waals surface area contributed by atoms with Crippen LogP contribution in [-0.4, -0.2) is 85.7 Å². The molecule has 0 bridgehead atoms. The van der Waals surface area contributed by atoms with Crippen LogP contribution >= 0.6 is 15.6 Å². The molecule has 0 saturated carbocycles. The number of phosphoric ester groups is 2. The topological polar surface area (TPSA) is 265 Å². The number of rotatable bonds is 44. The third-order valence-electron chi connectivity index (χ3n) is 13.3. The van der Waals surface area contributed by atoms with E-state index in [1.54, 1.807) is 0 Å². The lowest BCUT2D eigenvalue weighted by Gasteiger charge is -2.21. The Balaban J connectivity index is 1.73. The van der Waals surface area contributed by atoms with Crippen LogP contribution in [-0.2, 0) is 46.3 Å². The van der Waals surface area contributed by atoms with Crippen molar-refractivity contribution in [2.75, 3.05) is 25.6 Å². The molecule has 0 spiro atoms. The first-order chi connectivity index (χ1) is 33.5. The van der Waals surface area contributed by atoms with Crippen LogP contribution in [0.3, 0.4) is 0 Å². The molecule has 408 valence electrons. The number of carbonyl (C=O) groups excluding carboxylic acids is 2. The van der Waals surface area contributed by atoms with Crippen molar-refractivity contribution in [2.24, 2.45) is 11.8 Å². The van der Waals surface area contributed by atoms with E-state index in [0.717, 1.165) is 67.8 Å². The minimum Gasteiger partial charge on any atom is -0.462 e. The van der Waals surface area contributed by atoms with Crippen LogP contribution in [0.2, 0.25) is 0 Å². The van der Waals surface area contributed by atoms with E-state index in [4.69, 9.17) is 29.0 Å². The highest BCUT2D eigenvalue weighted by molar-refractivity contribution is 7.61. The number of nitrogens with zero attached hydrogens (tertiary/aromatic N) is 2. The third kappa shape index (κ3) is 30.1. The molecule has 0 aromatic carbocycles. The highest BCUT2D eigenvalue weighted by atomic mass is 31.3. The number of aliphatic hydroxyl groups excluding tert-OH is 2. The number of anilines is 1. The van der Waals surface area contributed by atoms with Gasteiger partial charge in [0, 0.05) is 19.0 Å². The van der Waals surface area contributed by atoms with Crippen molar-refractivity contribution in [3.63, 3.8) is 0 Å². The minimum absolute atomic E-state index is 0.0568. The average Bonchev–Trinajstić information content (AvgIpc) is 3.59. The second-order valence-corrected chi connectivity index (χ2v) is 22.6. The number of esters is 2. The molecule has 1 aromatic rings. The molecule has 1 fully saturated rings. The molecule has 70 heavy (non-hydrogen) atoms. The molecule has 20 heteroatoms. The lowest BCUT2D eigenvalue weighted by Crippen LogP contribution is -2.36. The second kappa shape index (κ2) is 37.5. The number of unbranched alkanes of at least 4 members (excludes halogenated alkanes) is 22. The maximum absolute atomic E-state index is 12.9. The van der Waals surface area contributed by atoms with Gasteiger partial charge >= 0.3 is 33.3 Å². The zero-order valence-corrected chi connectivity index (χ0v) is 45.0. The van der Waals surface area contributed by atoms with Gasteiger partial charge in [-0.15, -0.1) is 0 Å². The zero-order valence-electron chi connectivity index (χ0n) is 43.2. The summed E-state index contributed by atoms with van der Waals surface area (Å²) < 4.78 is 56.8. The quantitative estimate of drug-likeness (QED) is 0.0231. The molecular weight excluding hydrogens is 945 g/mol. The summed E-state index contributed by atoms with van der Waals surface area (Å²) in [6.07, 6.45) is 26.4. The fraction of sp³-hybridized carbons (Fsp3) is 0.880. The summed E-state index contributed by atoms with van der Waals surface area (Å²) in [5, 5.41) is 20.9. The normalized spacial score (nSPS) is 20.1. The average molecular weight is 1040 g/mol. The Bertz CT molecular complexity index is 1710. The van der Waals surface area contributed by atoms with Gasteiger partial charge in [0.2, 0.25) is 0 Å². The van der Waals surface area contributed by atoms with Gasteiger partial charge in [-0.2, -0.15) is 9.29 Å². The predicted molar refractivity (Wildman–Crippen MR) is 270 cm³/mol. The SMILES string of the molecule is CCC(C)CCCCCCCCCCCCCCCCCCCCC(=O)O[C@H](COC(=O)CCCCCCCCC(C)CC)COP(=O)(O)OP(=O)(O)OC[C@H]1O[C@@H](n2ccc(N)nc2=O)C(O)[C@H]1O.